The molecule has 2 aromatic rings. The Hall–Kier alpha value is -1.56. The van der Waals surface area contributed by atoms with Crippen molar-refractivity contribution >= 4 is 10.9 Å². The fourth-order valence-corrected chi connectivity index (χ4v) is 3.39. The number of aryl methyl sites for hydroxylation is 1. The lowest BCUT2D eigenvalue weighted by atomic mass is 10.1. The second kappa shape index (κ2) is 6.91. The smallest absolute Gasteiger partial charge is 0.143 e. The molecule has 0 bridgehead atoms. The molecular weight excluding hydrogens is 288 g/mol. The molecular formula is C18H26N4O. The minimum atomic E-state index is -0.268. The molecule has 0 unspecified atom stereocenters. The van der Waals surface area contributed by atoms with Crippen LogP contribution in [0, 0.1) is 6.92 Å². The Bertz CT molecular complexity index is 673. The minimum Gasteiger partial charge on any atom is -0.392 e. The van der Waals surface area contributed by atoms with Crippen LogP contribution in [-0.2, 0) is 6.54 Å². The Kier molecular flexibility index (Phi) is 4.90. The van der Waals surface area contributed by atoms with Gasteiger partial charge in [-0.3, -0.25) is 9.80 Å². The summed E-state index contributed by atoms with van der Waals surface area (Å²) in [6.45, 7) is 10.6. The van der Waals surface area contributed by atoms with E-state index >= 15 is 0 Å². The molecule has 2 atom stereocenters. The van der Waals surface area contributed by atoms with Gasteiger partial charge in [-0.15, -0.1) is 0 Å². The van der Waals surface area contributed by atoms with Crippen molar-refractivity contribution in [3.05, 3.63) is 35.8 Å². The highest BCUT2D eigenvalue weighted by Gasteiger charge is 2.24. The summed E-state index contributed by atoms with van der Waals surface area (Å²) in [6, 6.07) is 8.62. The molecule has 1 saturated heterocycles. The normalized spacial score (nSPS) is 21.7. The van der Waals surface area contributed by atoms with E-state index in [9.17, 15) is 5.11 Å². The number of β-amino-alcohol motifs (C(OH)–C–C–N with tert-alkyl or cyclic N) is 1. The Morgan fingerprint density at radius 2 is 2.04 bits per heavy atom. The molecule has 1 aromatic carbocycles. The third kappa shape index (κ3) is 3.86. The van der Waals surface area contributed by atoms with Gasteiger partial charge in [-0.25, -0.2) is 9.97 Å². The first-order valence-corrected chi connectivity index (χ1v) is 8.39. The van der Waals surface area contributed by atoms with Gasteiger partial charge in [0.1, 0.15) is 5.82 Å². The van der Waals surface area contributed by atoms with Crippen LogP contribution in [0.3, 0.4) is 0 Å². The van der Waals surface area contributed by atoms with E-state index in [0.29, 0.717) is 6.04 Å². The number of aliphatic hydroxyl groups is 1. The summed E-state index contributed by atoms with van der Waals surface area (Å²) in [5.74, 6) is 0.900. The van der Waals surface area contributed by atoms with Crippen LogP contribution in [0.4, 0.5) is 0 Å². The van der Waals surface area contributed by atoms with Crippen molar-refractivity contribution in [1.82, 2.24) is 19.8 Å². The fraction of sp³-hybridized carbons (Fsp3) is 0.556. The zero-order valence-corrected chi connectivity index (χ0v) is 14.2. The number of aromatic nitrogens is 2. The second-order valence-corrected chi connectivity index (χ2v) is 6.67. The highest BCUT2D eigenvalue weighted by atomic mass is 16.3. The van der Waals surface area contributed by atoms with Gasteiger partial charge in [-0.2, -0.15) is 0 Å². The largest absolute Gasteiger partial charge is 0.392 e. The molecule has 0 aliphatic carbocycles. The Labute approximate surface area is 138 Å². The van der Waals surface area contributed by atoms with Gasteiger partial charge in [-0.1, -0.05) is 18.2 Å². The van der Waals surface area contributed by atoms with E-state index in [-0.39, 0.29) is 6.10 Å². The molecule has 1 aliphatic rings. The highest BCUT2D eigenvalue weighted by molar-refractivity contribution is 5.80. The van der Waals surface area contributed by atoms with Gasteiger partial charge in [0.05, 0.1) is 18.2 Å². The predicted octanol–water partition coefficient (Wildman–Crippen LogP) is 1.83. The molecule has 1 aliphatic heterocycles. The summed E-state index contributed by atoms with van der Waals surface area (Å²) in [7, 11) is 0. The Morgan fingerprint density at radius 3 is 2.78 bits per heavy atom. The molecule has 3 rings (SSSR count). The topological polar surface area (TPSA) is 52.5 Å². The molecule has 5 heteroatoms. The zero-order valence-electron chi connectivity index (χ0n) is 14.2. The summed E-state index contributed by atoms with van der Waals surface area (Å²) >= 11 is 0. The second-order valence-electron chi connectivity index (χ2n) is 6.67. The van der Waals surface area contributed by atoms with E-state index in [1.165, 1.54) is 0 Å². The first-order valence-electron chi connectivity index (χ1n) is 8.39. The first kappa shape index (κ1) is 16.3. The quantitative estimate of drug-likeness (QED) is 0.933. The summed E-state index contributed by atoms with van der Waals surface area (Å²) in [5, 5.41) is 10.7. The van der Waals surface area contributed by atoms with E-state index in [0.717, 1.165) is 55.1 Å². The third-order valence-corrected chi connectivity index (χ3v) is 4.55. The Morgan fingerprint density at radius 1 is 1.26 bits per heavy atom. The molecule has 0 amide bonds. The van der Waals surface area contributed by atoms with E-state index in [1.807, 2.05) is 19.1 Å². The highest BCUT2D eigenvalue weighted by Crippen LogP contribution is 2.17. The average molecular weight is 314 g/mol. The number of fused-ring (bicyclic) bond motifs is 1. The van der Waals surface area contributed by atoms with Crippen molar-refractivity contribution in [2.24, 2.45) is 0 Å². The number of hydrogen-bond acceptors (Lipinski definition) is 5. The zero-order chi connectivity index (χ0) is 16.4. The molecule has 0 saturated carbocycles. The van der Waals surface area contributed by atoms with Crippen molar-refractivity contribution in [3.63, 3.8) is 0 Å². The maximum absolute atomic E-state index is 9.58. The summed E-state index contributed by atoms with van der Waals surface area (Å²) in [6.07, 6.45) is -0.268. The van der Waals surface area contributed by atoms with Crippen molar-refractivity contribution in [3.8, 4) is 0 Å². The average Bonchev–Trinajstić information content (AvgIpc) is 2.50. The molecule has 1 fully saturated rings. The molecule has 0 spiro atoms. The number of aliphatic hydroxyl groups excluding tert-OH is 1. The van der Waals surface area contributed by atoms with Crippen LogP contribution in [0.25, 0.3) is 10.9 Å². The van der Waals surface area contributed by atoms with Crippen LogP contribution in [-0.4, -0.2) is 63.2 Å². The summed E-state index contributed by atoms with van der Waals surface area (Å²) < 4.78 is 0. The van der Waals surface area contributed by atoms with Gasteiger partial charge in [0.25, 0.3) is 0 Å². The van der Waals surface area contributed by atoms with Crippen molar-refractivity contribution in [1.29, 1.82) is 0 Å². The summed E-state index contributed by atoms with van der Waals surface area (Å²) in [5.41, 5.74) is 2.07. The van der Waals surface area contributed by atoms with Crippen LogP contribution in [0.1, 0.15) is 25.4 Å². The van der Waals surface area contributed by atoms with Crippen LogP contribution >= 0.6 is 0 Å². The van der Waals surface area contributed by atoms with Crippen LogP contribution in [0.2, 0.25) is 0 Å². The standard InChI is InChI=1S/C18H26N4O/c1-13-10-21(8-9-22(13)11-14(2)23)12-18-19-15(3)16-6-4-5-7-17(16)20-18/h4-7,13-14,23H,8-12H2,1-3H3/t13-,14+/m0/s1. The molecule has 124 valence electrons. The van der Waals surface area contributed by atoms with Crippen molar-refractivity contribution in [2.75, 3.05) is 26.2 Å². The van der Waals surface area contributed by atoms with E-state index in [1.54, 1.807) is 0 Å². The number of benzene rings is 1. The Balaban J connectivity index is 1.69. The van der Waals surface area contributed by atoms with Gasteiger partial charge < -0.3 is 5.11 Å². The molecule has 0 radical (unpaired) electrons. The SMILES string of the molecule is Cc1nc(CN2CCN(C[C@@H](C)O)[C@@H](C)C2)nc2ccccc12. The maximum Gasteiger partial charge on any atom is 0.143 e. The van der Waals surface area contributed by atoms with Gasteiger partial charge in [0.2, 0.25) is 0 Å². The van der Waals surface area contributed by atoms with Gasteiger partial charge in [0, 0.05) is 43.3 Å². The van der Waals surface area contributed by atoms with Crippen molar-refractivity contribution in [2.45, 2.75) is 39.5 Å². The number of hydrogen-bond donors (Lipinski definition) is 1. The molecule has 23 heavy (non-hydrogen) atoms. The van der Waals surface area contributed by atoms with Gasteiger partial charge >= 0.3 is 0 Å². The van der Waals surface area contributed by atoms with Crippen molar-refractivity contribution < 1.29 is 5.11 Å². The molecule has 5 nitrogen and oxygen atoms in total. The number of nitrogens with zero attached hydrogens (tertiary/aromatic N) is 4. The fourth-order valence-electron chi connectivity index (χ4n) is 3.39. The monoisotopic (exact) mass is 314 g/mol. The van der Waals surface area contributed by atoms with Crippen LogP contribution < -0.4 is 0 Å². The lowest BCUT2D eigenvalue weighted by molar-refractivity contribution is 0.0414. The van der Waals surface area contributed by atoms with Gasteiger partial charge in [0.15, 0.2) is 0 Å². The molecule has 1 N–H and O–H groups in total. The minimum absolute atomic E-state index is 0.268. The lowest BCUT2D eigenvalue weighted by Crippen LogP contribution is -2.53. The molecule has 1 aromatic heterocycles. The van der Waals surface area contributed by atoms with Gasteiger partial charge in [-0.05, 0) is 26.8 Å². The van der Waals surface area contributed by atoms with E-state index in [2.05, 4.69) is 40.8 Å². The van der Waals surface area contributed by atoms with Crippen LogP contribution in [0.15, 0.2) is 24.3 Å². The predicted molar refractivity (Wildman–Crippen MR) is 92.3 cm³/mol. The number of piperazine rings is 1. The lowest BCUT2D eigenvalue weighted by Gasteiger charge is -2.40. The van der Waals surface area contributed by atoms with Crippen LogP contribution in [0.5, 0.6) is 0 Å². The first-order chi connectivity index (χ1) is 11.0. The maximum atomic E-state index is 9.58. The molecule has 2 heterocycles. The third-order valence-electron chi connectivity index (χ3n) is 4.55. The number of rotatable bonds is 4. The van der Waals surface area contributed by atoms with E-state index < -0.39 is 0 Å². The number of para-hydroxylation sites is 1. The van der Waals surface area contributed by atoms with E-state index in [4.69, 9.17) is 4.98 Å². The summed E-state index contributed by atoms with van der Waals surface area (Å²) in [4.78, 5) is 14.2.